The second kappa shape index (κ2) is 7.75. The lowest BCUT2D eigenvalue weighted by Gasteiger charge is -2.08. The zero-order valence-corrected chi connectivity index (χ0v) is 13.5. The van der Waals surface area contributed by atoms with E-state index in [1.165, 1.54) is 11.8 Å². The molecule has 0 spiro atoms. The van der Waals surface area contributed by atoms with E-state index in [2.05, 4.69) is 15.5 Å². The summed E-state index contributed by atoms with van der Waals surface area (Å²) in [5.74, 6) is 0.119. The number of rotatable bonds is 6. The summed E-state index contributed by atoms with van der Waals surface area (Å²) in [6, 6.07) is 6.81. The first-order chi connectivity index (χ1) is 10.9. The third-order valence-electron chi connectivity index (χ3n) is 2.56. The number of thioether (sulfide) groups is 1. The minimum atomic E-state index is -4.57. The summed E-state index contributed by atoms with van der Waals surface area (Å²) in [6.45, 7) is 0.520. The Morgan fingerprint density at radius 2 is 2.09 bits per heavy atom. The number of methoxy groups -OCH3 is 1. The van der Waals surface area contributed by atoms with Crippen LogP contribution in [0.2, 0.25) is 0 Å². The van der Waals surface area contributed by atoms with Gasteiger partial charge in [-0.05, 0) is 12.1 Å². The highest BCUT2D eigenvalue weighted by molar-refractivity contribution is 7.99. The Morgan fingerprint density at radius 1 is 1.35 bits per heavy atom. The molecule has 2 rings (SSSR count). The SMILES string of the molecule is COCCSc1ccccc1C(=O)Nc1nnc(C(F)(F)F)s1. The molecule has 5 nitrogen and oxygen atoms in total. The van der Waals surface area contributed by atoms with Crippen LogP contribution < -0.4 is 5.32 Å². The number of nitrogens with zero attached hydrogens (tertiary/aromatic N) is 2. The van der Waals surface area contributed by atoms with Gasteiger partial charge in [0.15, 0.2) is 0 Å². The maximum absolute atomic E-state index is 12.5. The number of benzene rings is 1. The number of nitrogens with one attached hydrogen (secondary N) is 1. The number of alkyl halides is 3. The molecule has 10 heteroatoms. The lowest BCUT2D eigenvalue weighted by Crippen LogP contribution is -2.13. The molecule has 0 aliphatic heterocycles. The van der Waals surface area contributed by atoms with E-state index in [1.54, 1.807) is 31.4 Å². The number of carbonyl (C=O) groups is 1. The quantitative estimate of drug-likeness (QED) is 0.628. The largest absolute Gasteiger partial charge is 0.445 e. The molecule has 0 saturated heterocycles. The number of carbonyl (C=O) groups excluding carboxylic acids is 1. The Hall–Kier alpha value is -1.65. The molecule has 124 valence electrons. The van der Waals surface area contributed by atoms with E-state index in [9.17, 15) is 18.0 Å². The smallest absolute Gasteiger partial charge is 0.384 e. The Kier molecular flexibility index (Phi) is 5.97. The Labute approximate surface area is 138 Å². The molecule has 1 aromatic heterocycles. The van der Waals surface area contributed by atoms with Gasteiger partial charge in [0, 0.05) is 17.8 Å². The summed E-state index contributed by atoms with van der Waals surface area (Å²) < 4.78 is 42.4. The van der Waals surface area contributed by atoms with Crippen molar-refractivity contribution in [3.05, 3.63) is 34.8 Å². The van der Waals surface area contributed by atoms with Crippen molar-refractivity contribution in [3.63, 3.8) is 0 Å². The van der Waals surface area contributed by atoms with Gasteiger partial charge < -0.3 is 4.74 Å². The fourth-order valence-electron chi connectivity index (χ4n) is 1.57. The fourth-order valence-corrected chi connectivity index (χ4v) is 3.13. The molecule has 0 bridgehead atoms. The molecule has 0 aliphatic carbocycles. The van der Waals surface area contributed by atoms with E-state index < -0.39 is 17.1 Å². The van der Waals surface area contributed by atoms with Crippen molar-refractivity contribution in [1.82, 2.24) is 10.2 Å². The monoisotopic (exact) mass is 363 g/mol. The van der Waals surface area contributed by atoms with Crippen LogP contribution in [0.1, 0.15) is 15.4 Å². The molecule has 0 saturated carbocycles. The van der Waals surface area contributed by atoms with Gasteiger partial charge in [0.2, 0.25) is 10.1 Å². The van der Waals surface area contributed by atoms with Crippen LogP contribution in [0.4, 0.5) is 18.3 Å². The first kappa shape index (κ1) is 17.7. The molecule has 1 aromatic carbocycles. The number of halogens is 3. The van der Waals surface area contributed by atoms with Crippen molar-refractivity contribution < 1.29 is 22.7 Å². The van der Waals surface area contributed by atoms with Crippen molar-refractivity contribution in [2.24, 2.45) is 0 Å². The fraction of sp³-hybridized carbons (Fsp3) is 0.308. The van der Waals surface area contributed by atoms with Gasteiger partial charge in [-0.15, -0.1) is 22.0 Å². The summed E-state index contributed by atoms with van der Waals surface area (Å²) in [6.07, 6.45) is -4.57. The van der Waals surface area contributed by atoms with Gasteiger partial charge >= 0.3 is 6.18 Å². The molecule has 2 aromatic rings. The third-order valence-corrected chi connectivity index (χ3v) is 4.49. The highest BCUT2D eigenvalue weighted by Crippen LogP contribution is 2.33. The maximum Gasteiger partial charge on any atom is 0.445 e. The number of anilines is 1. The van der Waals surface area contributed by atoms with Crippen LogP contribution in [-0.4, -0.2) is 35.6 Å². The van der Waals surface area contributed by atoms with Gasteiger partial charge in [-0.3, -0.25) is 10.1 Å². The highest BCUT2D eigenvalue weighted by Gasteiger charge is 2.35. The molecule has 0 fully saturated rings. The Morgan fingerprint density at radius 3 is 2.74 bits per heavy atom. The molecule has 1 heterocycles. The van der Waals surface area contributed by atoms with Gasteiger partial charge in [-0.2, -0.15) is 13.2 Å². The summed E-state index contributed by atoms with van der Waals surface area (Å²) in [4.78, 5) is 12.9. The third kappa shape index (κ3) is 4.91. The maximum atomic E-state index is 12.5. The van der Waals surface area contributed by atoms with Gasteiger partial charge in [0.05, 0.1) is 12.2 Å². The standard InChI is InChI=1S/C13H12F3N3O2S2/c1-21-6-7-22-9-5-3-2-4-8(9)10(20)17-12-19-18-11(23-12)13(14,15)16/h2-5H,6-7H2,1H3,(H,17,19,20). The van der Waals surface area contributed by atoms with Crippen molar-refractivity contribution in [2.45, 2.75) is 11.1 Å². The highest BCUT2D eigenvalue weighted by atomic mass is 32.2. The predicted octanol–water partition coefficient (Wildman–Crippen LogP) is 3.55. The average Bonchev–Trinajstić information content (AvgIpc) is 2.96. The van der Waals surface area contributed by atoms with E-state index in [-0.39, 0.29) is 16.5 Å². The first-order valence-corrected chi connectivity index (χ1v) is 8.15. The summed E-state index contributed by atoms with van der Waals surface area (Å²) in [5, 5.41) is 7.41. The van der Waals surface area contributed by atoms with Crippen LogP contribution in [0.15, 0.2) is 29.2 Å². The van der Waals surface area contributed by atoms with Crippen LogP contribution in [0.5, 0.6) is 0 Å². The van der Waals surface area contributed by atoms with Gasteiger partial charge in [-0.1, -0.05) is 23.5 Å². The number of ether oxygens (including phenoxy) is 1. The zero-order chi connectivity index (χ0) is 16.9. The normalized spacial score (nSPS) is 11.5. The topological polar surface area (TPSA) is 64.1 Å². The lowest BCUT2D eigenvalue weighted by molar-refractivity contribution is -0.138. The van der Waals surface area contributed by atoms with E-state index in [0.717, 1.165) is 0 Å². The summed E-state index contributed by atoms with van der Waals surface area (Å²) in [7, 11) is 1.58. The van der Waals surface area contributed by atoms with Crippen LogP contribution in [-0.2, 0) is 10.9 Å². The predicted molar refractivity (Wildman–Crippen MR) is 81.9 cm³/mol. The molecule has 23 heavy (non-hydrogen) atoms. The first-order valence-electron chi connectivity index (χ1n) is 6.34. The van der Waals surface area contributed by atoms with Gasteiger partial charge in [-0.25, -0.2) is 0 Å². The minimum absolute atomic E-state index is 0.195. The van der Waals surface area contributed by atoms with Crippen molar-refractivity contribution in [3.8, 4) is 0 Å². The van der Waals surface area contributed by atoms with E-state index in [1.807, 2.05) is 0 Å². The lowest BCUT2D eigenvalue weighted by atomic mass is 10.2. The van der Waals surface area contributed by atoms with Crippen LogP contribution in [0.25, 0.3) is 0 Å². The summed E-state index contributed by atoms with van der Waals surface area (Å²) >= 11 is 1.71. The van der Waals surface area contributed by atoms with Gasteiger partial charge in [0.25, 0.3) is 5.91 Å². The average molecular weight is 363 g/mol. The molecule has 1 amide bonds. The van der Waals surface area contributed by atoms with E-state index in [4.69, 9.17) is 4.74 Å². The number of hydrogen-bond acceptors (Lipinski definition) is 6. The number of hydrogen-bond donors (Lipinski definition) is 1. The number of aromatic nitrogens is 2. The molecule has 0 atom stereocenters. The van der Waals surface area contributed by atoms with Crippen molar-refractivity contribution >= 4 is 34.1 Å². The van der Waals surface area contributed by atoms with Crippen LogP contribution in [0.3, 0.4) is 0 Å². The molecule has 0 radical (unpaired) electrons. The second-order valence-corrected chi connectivity index (χ2v) is 6.32. The molecule has 0 aliphatic rings. The summed E-state index contributed by atoms with van der Waals surface area (Å²) in [5.41, 5.74) is 0.359. The number of amides is 1. The van der Waals surface area contributed by atoms with Crippen molar-refractivity contribution in [1.29, 1.82) is 0 Å². The van der Waals surface area contributed by atoms with Crippen LogP contribution in [0, 0.1) is 0 Å². The minimum Gasteiger partial charge on any atom is -0.384 e. The Bertz CT molecular complexity index is 676. The van der Waals surface area contributed by atoms with Crippen molar-refractivity contribution in [2.75, 3.05) is 24.8 Å². The van der Waals surface area contributed by atoms with Gasteiger partial charge in [0.1, 0.15) is 0 Å². The second-order valence-electron chi connectivity index (χ2n) is 4.20. The zero-order valence-electron chi connectivity index (χ0n) is 11.9. The molecular weight excluding hydrogens is 351 g/mol. The van der Waals surface area contributed by atoms with E-state index in [0.29, 0.717) is 22.8 Å². The molecule has 1 N–H and O–H groups in total. The Balaban J connectivity index is 2.10. The molecule has 0 unspecified atom stereocenters. The van der Waals surface area contributed by atoms with E-state index >= 15 is 0 Å². The van der Waals surface area contributed by atoms with Crippen LogP contribution >= 0.6 is 23.1 Å². The molecular formula is C13H12F3N3O2S2.